The number of rotatable bonds is 6. The fourth-order valence-electron chi connectivity index (χ4n) is 1.71. The zero-order chi connectivity index (χ0) is 14.5. The number of hydrogen-bond donors (Lipinski definition) is 3. The quantitative estimate of drug-likeness (QED) is 0.678. The molecular formula is C13H17BrN4O2. The van der Waals surface area contributed by atoms with Gasteiger partial charge in [0.25, 0.3) is 5.91 Å². The van der Waals surface area contributed by atoms with Crippen molar-refractivity contribution in [3.63, 3.8) is 0 Å². The SMILES string of the molecule is Nc1ncc(Br)cc1C(=O)NCCCC(=O)NC1CC1. The van der Waals surface area contributed by atoms with Crippen LogP contribution in [0.25, 0.3) is 0 Å². The van der Waals surface area contributed by atoms with Crippen molar-refractivity contribution in [2.75, 3.05) is 12.3 Å². The molecule has 1 aliphatic carbocycles. The van der Waals surface area contributed by atoms with Gasteiger partial charge in [-0.25, -0.2) is 4.98 Å². The highest BCUT2D eigenvalue weighted by atomic mass is 79.9. The van der Waals surface area contributed by atoms with Gasteiger partial charge in [0.05, 0.1) is 5.56 Å². The molecule has 1 aliphatic rings. The number of nitrogen functional groups attached to an aromatic ring is 1. The van der Waals surface area contributed by atoms with E-state index < -0.39 is 0 Å². The Hall–Kier alpha value is -1.63. The van der Waals surface area contributed by atoms with E-state index in [9.17, 15) is 9.59 Å². The van der Waals surface area contributed by atoms with Crippen molar-refractivity contribution in [2.24, 2.45) is 0 Å². The van der Waals surface area contributed by atoms with Crippen LogP contribution in [0.3, 0.4) is 0 Å². The summed E-state index contributed by atoms with van der Waals surface area (Å²) < 4.78 is 0.695. The van der Waals surface area contributed by atoms with Gasteiger partial charge in [-0.05, 0) is 41.3 Å². The minimum Gasteiger partial charge on any atom is -0.383 e. The maximum atomic E-state index is 11.9. The lowest BCUT2D eigenvalue weighted by atomic mass is 10.2. The molecule has 1 saturated carbocycles. The van der Waals surface area contributed by atoms with E-state index in [1.807, 2.05) is 0 Å². The van der Waals surface area contributed by atoms with Crippen molar-refractivity contribution in [3.8, 4) is 0 Å². The second kappa shape index (κ2) is 6.69. The maximum Gasteiger partial charge on any atom is 0.255 e. The molecule has 20 heavy (non-hydrogen) atoms. The number of pyridine rings is 1. The molecule has 1 fully saturated rings. The molecule has 0 aromatic carbocycles. The first-order valence-electron chi connectivity index (χ1n) is 6.55. The number of carbonyl (C=O) groups is 2. The van der Waals surface area contributed by atoms with Crippen LogP contribution in [0.4, 0.5) is 5.82 Å². The Morgan fingerprint density at radius 1 is 1.45 bits per heavy atom. The summed E-state index contributed by atoms with van der Waals surface area (Å²) in [5.74, 6) is -0.0403. The first-order valence-corrected chi connectivity index (χ1v) is 7.34. The lowest BCUT2D eigenvalue weighted by Gasteiger charge is -2.07. The van der Waals surface area contributed by atoms with Crippen LogP contribution >= 0.6 is 15.9 Å². The Kier molecular flexibility index (Phi) is 4.94. The third kappa shape index (κ3) is 4.48. The fraction of sp³-hybridized carbons (Fsp3) is 0.462. The number of carbonyl (C=O) groups excluding carboxylic acids is 2. The number of aromatic nitrogens is 1. The molecule has 0 bridgehead atoms. The predicted molar refractivity (Wildman–Crippen MR) is 79.1 cm³/mol. The number of anilines is 1. The summed E-state index contributed by atoms with van der Waals surface area (Å²) in [5.41, 5.74) is 5.98. The molecule has 2 amide bonds. The summed E-state index contributed by atoms with van der Waals surface area (Å²) in [6, 6.07) is 2.00. The van der Waals surface area contributed by atoms with Gasteiger partial charge in [0.2, 0.25) is 5.91 Å². The van der Waals surface area contributed by atoms with Gasteiger partial charge in [-0.15, -0.1) is 0 Å². The predicted octanol–water partition coefficient (Wildman–Crippen LogP) is 1.21. The van der Waals surface area contributed by atoms with Crippen LogP contribution in [0.2, 0.25) is 0 Å². The van der Waals surface area contributed by atoms with Gasteiger partial charge in [-0.2, -0.15) is 0 Å². The number of hydrogen-bond acceptors (Lipinski definition) is 4. The summed E-state index contributed by atoms with van der Waals surface area (Å²) in [6.07, 6.45) is 4.72. The van der Waals surface area contributed by atoms with Crippen LogP contribution in [0.15, 0.2) is 16.7 Å². The molecule has 0 saturated heterocycles. The van der Waals surface area contributed by atoms with E-state index in [4.69, 9.17) is 5.73 Å². The second-order valence-corrected chi connectivity index (χ2v) is 5.70. The molecule has 1 aromatic rings. The van der Waals surface area contributed by atoms with E-state index >= 15 is 0 Å². The molecule has 6 nitrogen and oxygen atoms in total. The first kappa shape index (κ1) is 14.8. The van der Waals surface area contributed by atoms with Crippen molar-refractivity contribution >= 4 is 33.6 Å². The summed E-state index contributed by atoms with van der Waals surface area (Å²) in [6.45, 7) is 0.433. The molecule has 0 atom stereocenters. The normalized spacial score (nSPS) is 13.8. The first-order chi connectivity index (χ1) is 9.56. The van der Waals surface area contributed by atoms with Gasteiger partial charge in [0.15, 0.2) is 0 Å². The molecule has 7 heteroatoms. The summed E-state index contributed by atoms with van der Waals surface area (Å²) in [7, 11) is 0. The van der Waals surface area contributed by atoms with Crippen LogP contribution in [-0.2, 0) is 4.79 Å². The largest absolute Gasteiger partial charge is 0.383 e. The minimum atomic E-state index is -0.279. The lowest BCUT2D eigenvalue weighted by molar-refractivity contribution is -0.121. The zero-order valence-electron chi connectivity index (χ0n) is 11.0. The van der Waals surface area contributed by atoms with Crippen LogP contribution < -0.4 is 16.4 Å². The Bertz CT molecular complexity index is 517. The molecule has 1 heterocycles. The third-order valence-corrected chi connectivity index (χ3v) is 3.37. The third-order valence-electron chi connectivity index (χ3n) is 2.94. The summed E-state index contributed by atoms with van der Waals surface area (Å²) >= 11 is 3.24. The molecule has 0 aliphatic heterocycles. The number of amides is 2. The van der Waals surface area contributed by atoms with E-state index in [2.05, 4.69) is 31.5 Å². The Morgan fingerprint density at radius 3 is 2.90 bits per heavy atom. The van der Waals surface area contributed by atoms with Crippen molar-refractivity contribution in [1.82, 2.24) is 15.6 Å². The molecular weight excluding hydrogens is 324 g/mol. The Balaban J connectivity index is 1.71. The zero-order valence-corrected chi connectivity index (χ0v) is 12.6. The second-order valence-electron chi connectivity index (χ2n) is 4.79. The van der Waals surface area contributed by atoms with Crippen LogP contribution in [0, 0.1) is 0 Å². The summed E-state index contributed by atoms with van der Waals surface area (Å²) in [5, 5.41) is 5.63. The number of halogens is 1. The molecule has 1 aromatic heterocycles. The average molecular weight is 341 g/mol. The van der Waals surface area contributed by atoms with Gasteiger partial charge >= 0.3 is 0 Å². The van der Waals surface area contributed by atoms with E-state index in [1.165, 1.54) is 6.20 Å². The van der Waals surface area contributed by atoms with E-state index in [-0.39, 0.29) is 17.6 Å². The van der Waals surface area contributed by atoms with Gasteiger partial charge in [0.1, 0.15) is 5.82 Å². The van der Waals surface area contributed by atoms with E-state index in [0.717, 1.165) is 12.8 Å². The van der Waals surface area contributed by atoms with Crippen molar-refractivity contribution in [2.45, 2.75) is 31.7 Å². The topological polar surface area (TPSA) is 97.1 Å². The van der Waals surface area contributed by atoms with Crippen LogP contribution in [0.5, 0.6) is 0 Å². The van der Waals surface area contributed by atoms with E-state index in [1.54, 1.807) is 6.07 Å². The molecule has 0 unspecified atom stereocenters. The van der Waals surface area contributed by atoms with Gasteiger partial charge in [0, 0.05) is 29.7 Å². The van der Waals surface area contributed by atoms with Crippen LogP contribution in [0.1, 0.15) is 36.0 Å². The fourth-order valence-corrected chi connectivity index (χ4v) is 2.04. The standard InChI is InChI=1S/C13H17BrN4O2/c14-8-6-10(12(15)17-7-8)13(20)16-5-1-2-11(19)18-9-3-4-9/h6-7,9H,1-5H2,(H2,15,17)(H,16,20)(H,18,19). The highest BCUT2D eigenvalue weighted by molar-refractivity contribution is 9.10. The Morgan fingerprint density at radius 2 is 2.20 bits per heavy atom. The number of nitrogens with zero attached hydrogens (tertiary/aromatic N) is 1. The van der Waals surface area contributed by atoms with Gasteiger partial charge in [-0.1, -0.05) is 0 Å². The summed E-state index contributed by atoms with van der Waals surface area (Å²) in [4.78, 5) is 27.2. The Labute approximate surface area is 125 Å². The lowest BCUT2D eigenvalue weighted by Crippen LogP contribution is -2.29. The number of nitrogens with two attached hydrogens (primary N) is 1. The monoisotopic (exact) mass is 340 g/mol. The van der Waals surface area contributed by atoms with E-state index in [0.29, 0.717) is 35.5 Å². The van der Waals surface area contributed by atoms with Gasteiger partial charge < -0.3 is 16.4 Å². The molecule has 0 spiro atoms. The van der Waals surface area contributed by atoms with Crippen molar-refractivity contribution < 1.29 is 9.59 Å². The highest BCUT2D eigenvalue weighted by Gasteiger charge is 2.22. The molecule has 108 valence electrons. The van der Waals surface area contributed by atoms with Crippen molar-refractivity contribution in [1.29, 1.82) is 0 Å². The maximum absolute atomic E-state index is 11.9. The number of nitrogens with one attached hydrogen (secondary N) is 2. The van der Waals surface area contributed by atoms with Crippen molar-refractivity contribution in [3.05, 3.63) is 22.3 Å². The van der Waals surface area contributed by atoms with Crippen LogP contribution in [-0.4, -0.2) is 29.4 Å². The minimum absolute atomic E-state index is 0.0467. The smallest absolute Gasteiger partial charge is 0.255 e. The molecule has 0 radical (unpaired) electrons. The molecule has 2 rings (SSSR count). The van der Waals surface area contributed by atoms with Gasteiger partial charge in [-0.3, -0.25) is 9.59 Å². The molecule has 4 N–H and O–H groups in total. The average Bonchev–Trinajstić information content (AvgIpc) is 3.21. The highest BCUT2D eigenvalue weighted by Crippen LogP contribution is 2.18.